The van der Waals surface area contributed by atoms with Crippen LogP contribution in [0.15, 0.2) is 53.8 Å². The number of ketones is 1. The first kappa shape index (κ1) is 16.0. The number of aliphatic hydroxyl groups is 1. The van der Waals surface area contributed by atoms with Gasteiger partial charge in [-0.3, -0.25) is 14.5 Å². The normalized spacial score (nSPS) is 18.6. The largest absolute Gasteiger partial charge is 0.508 e. The van der Waals surface area contributed by atoms with Crippen molar-refractivity contribution in [2.75, 3.05) is 11.7 Å². The molecule has 0 radical (unpaired) electrons. The van der Waals surface area contributed by atoms with Crippen LogP contribution in [0, 0.1) is 0 Å². The molecular weight excluding hydrogens is 338 g/mol. The van der Waals surface area contributed by atoms with Crippen LogP contribution in [0.3, 0.4) is 0 Å². The highest BCUT2D eigenvalue weighted by Crippen LogP contribution is 2.44. The van der Waals surface area contributed by atoms with E-state index in [0.29, 0.717) is 22.7 Å². The Morgan fingerprint density at radius 1 is 1.08 bits per heavy atom. The van der Waals surface area contributed by atoms with Gasteiger partial charge in [0.15, 0.2) is 23.0 Å². The molecule has 0 spiro atoms. The van der Waals surface area contributed by atoms with Crippen LogP contribution in [0.4, 0.5) is 5.69 Å². The molecule has 0 saturated carbocycles. The fraction of sp³-hybridized carbons (Fsp3) is 0.158. The van der Waals surface area contributed by atoms with Crippen LogP contribution in [0.5, 0.6) is 17.2 Å². The van der Waals surface area contributed by atoms with Gasteiger partial charge in [-0.05, 0) is 48.9 Å². The number of fused-ring (bicyclic) bond motifs is 1. The molecule has 0 saturated heterocycles. The first-order valence-electron chi connectivity index (χ1n) is 7.93. The molecule has 0 fully saturated rings. The van der Waals surface area contributed by atoms with E-state index >= 15 is 0 Å². The Hall–Kier alpha value is -3.48. The van der Waals surface area contributed by atoms with Crippen molar-refractivity contribution in [2.24, 2.45) is 0 Å². The standard InChI is InChI=1S/C19H15NO6/c1-10(21)16-17(11-2-7-14-15(8-11)26-9-25-14)20(19(24)18(16)23)12-3-5-13(22)6-4-12/h2-8,17,22-23H,9H2,1H3/t17-/m0/s1. The summed E-state index contributed by atoms with van der Waals surface area (Å²) in [6, 6.07) is 10.3. The van der Waals surface area contributed by atoms with E-state index in [9.17, 15) is 19.8 Å². The third-order valence-corrected chi connectivity index (χ3v) is 4.43. The summed E-state index contributed by atoms with van der Waals surface area (Å²) in [4.78, 5) is 26.2. The lowest BCUT2D eigenvalue weighted by molar-refractivity contribution is -0.117. The van der Waals surface area contributed by atoms with E-state index in [-0.39, 0.29) is 18.1 Å². The van der Waals surface area contributed by atoms with Crippen molar-refractivity contribution in [2.45, 2.75) is 13.0 Å². The van der Waals surface area contributed by atoms with Crippen LogP contribution in [0.2, 0.25) is 0 Å². The molecular formula is C19H15NO6. The number of aromatic hydroxyl groups is 1. The average Bonchev–Trinajstić information content (AvgIpc) is 3.18. The molecule has 7 nitrogen and oxygen atoms in total. The Morgan fingerprint density at radius 2 is 1.77 bits per heavy atom. The van der Waals surface area contributed by atoms with Crippen molar-refractivity contribution < 1.29 is 29.3 Å². The fourth-order valence-electron chi connectivity index (χ4n) is 3.24. The van der Waals surface area contributed by atoms with Gasteiger partial charge in [0.05, 0.1) is 11.6 Å². The summed E-state index contributed by atoms with van der Waals surface area (Å²) in [5.74, 6) is -0.526. The van der Waals surface area contributed by atoms with E-state index in [1.807, 2.05) is 0 Å². The third-order valence-electron chi connectivity index (χ3n) is 4.43. The smallest absolute Gasteiger partial charge is 0.294 e. The fourth-order valence-corrected chi connectivity index (χ4v) is 3.24. The van der Waals surface area contributed by atoms with Gasteiger partial charge in [-0.15, -0.1) is 0 Å². The predicted octanol–water partition coefficient (Wildman–Crippen LogP) is 2.61. The third kappa shape index (κ3) is 2.36. The number of carbonyl (C=O) groups excluding carboxylic acids is 2. The Kier molecular flexibility index (Phi) is 3.57. The van der Waals surface area contributed by atoms with E-state index in [0.717, 1.165) is 0 Å². The van der Waals surface area contributed by atoms with Crippen molar-refractivity contribution in [3.63, 3.8) is 0 Å². The summed E-state index contributed by atoms with van der Waals surface area (Å²) in [5, 5.41) is 19.8. The highest BCUT2D eigenvalue weighted by Gasteiger charge is 2.43. The Balaban J connectivity index is 1.86. The number of rotatable bonds is 3. The Bertz CT molecular complexity index is 947. The number of phenolic OH excluding ortho intramolecular Hbond substituents is 1. The molecule has 1 atom stereocenters. The molecule has 2 aromatic rings. The van der Waals surface area contributed by atoms with E-state index in [4.69, 9.17) is 9.47 Å². The number of amides is 1. The number of benzene rings is 2. The van der Waals surface area contributed by atoms with Crippen molar-refractivity contribution >= 4 is 17.4 Å². The second-order valence-electron chi connectivity index (χ2n) is 6.03. The van der Waals surface area contributed by atoms with Gasteiger partial charge >= 0.3 is 0 Å². The van der Waals surface area contributed by atoms with E-state index in [1.165, 1.54) is 24.0 Å². The van der Waals surface area contributed by atoms with Crippen molar-refractivity contribution in [1.29, 1.82) is 0 Å². The highest BCUT2D eigenvalue weighted by atomic mass is 16.7. The molecule has 0 aliphatic carbocycles. The van der Waals surface area contributed by atoms with Gasteiger partial charge in [0.25, 0.3) is 5.91 Å². The minimum atomic E-state index is -0.806. The topological polar surface area (TPSA) is 96.3 Å². The van der Waals surface area contributed by atoms with Crippen LogP contribution in [0.1, 0.15) is 18.5 Å². The number of phenols is 1. The average molecular weight is 353 g/mol. The number of aliphatic hydroxyl groups excluding tert-OH is 1. The lowest BCUT2D eigenvalue weighted by atomic mass is 9.96. The van der Waals surface area contributed by atoms with Gasteiger partial charge < -0.3 is 19.7 Å². The number of ether oxygens (including phenoxy) is 2. The molecule has 2 heterocycles. The molecule has 0 aromatic heterocycles. The summed E-state index contributed by atoms with van der Waals surface area (Å²) in [7, 11) is 0. The number of nitrogens with zero attached hydrogens (tertiary/aromatic N) is 1. The zero-order valence-corrected chi connectivity index (χ0v) is 13.8. The van der Waals surface area contributed by atoms with E-state index < -0.39 is 23.5 Å². The van der Waals surface area contributed by atoms with Gasteiger partial charge in [-0.25, -0.2) is 0 Å². The van der Waals surface area contributed by atoms with Crippen LogP contribution in [0.25, 0.3) is 0 Å². The lowest BCUT2D eigenvalue weighted by Crippen LogP contribution is -2.30. The first-order valence-corrected chi connectivity index (χ1v) is 7.93. The molecule has 7 heteroatoms. The minimum absolute atomic E-state index is 0.0157. The molecule has 132 valence electrons. The SMILES string of the molecule is CC(=O)C1=C(O)C(=O)N(c2ccc(O)cc2)[C@H]1c1ccc2c(c1)OCO2. The molecule has 0 bridgehead atoms. The van der Waals surface area contributed by atoms with Gasteiger partial charge in [0.1, 0.15) is 5.75 Å². The number of hydrogen-bond acceptors (Lipinski definition) is 6. The molecule has 2 aromatic carbocycles. The summed E-state index contributed by atoms with van der Waals surface area (Å²) in [5.41, 5.74) is 1.06. The molecule has 2 N–H and O–H groups in total. The number of anilines is 1. The predicted molar refractivity (Wildman–Crippen MR) is 91.2 cm³/mol. The maximum atomic E-state index is 12.7. The zero-order valence-electron chi connectivity index (χ0n) is 13.8. The second kappa shape index (κ2) is 5.80. The van der Waals surface area contributed by atoms with Crippen molar-refractivity contribution in [3.05, 3.63) is 59.4 Å². The maximum absolute atomic E-state index is 12.7. The quantitative estimate of drug-likeness (QED) is 0.880. The first-order chi connectivity index (χ1) is 12.5. The minimum Gasteiger partial charge on any atom is -0.508 e. The van der Waals surface area contributed by atoms with Gasteiger partial charge in [-0.2, -0.15) is 0 Å². The zero-order chi connectivity index (χ0) is 18.4. The van der Waals surface area contributed by atoms with Crippen LogP contribution in [-0.4, -0.2) is 28.7 Å². The van der Waals surface area contributed by atoms with E-state index in [1.54, 1.807) is 30.3 Å². The number of Topliss-reactive ketones (excluding diaryl/α,β-unsaturated/α-hetero) is 1. The Labute approximate surface area is 148 Å². The van der Waals surface area contributed by atoms with Crippen LogP contribution < -0.4 is 14.4 Å². The van der Waals surface area contributed by atoms with Crippen LogP contribution >= 0.6 is 0 Å². The van der Waals surface area contributed by atoms with Crippen molar-refractivity contribution in [1.82, 2.24) is 0 Å². The van der Waals surface area contributed by atoms with Crippen molar-refractivity contribution in [3.8, 4) is 17.2 Å². The number of carbonyl (C=O) groups is 2. The van der Waals surface area contributed by atoms with Gasteiger partial charge in [0, 0.05) is 5.69 Å². The molecule has 4 rings (SSSR count). The van der Waals surface area contributed by atoms with Gasteiger partial charge in [-0.1, -0.05) is 6.07 Å². The van der Waals surface area contributed by atoms with Crippen LogP contribution in [-0.2, 0) is 9.59 Å². The molecule has 2 aliphatic rings. The second-order valence-corrected chi connectivity index (χ2v) is 6.03. The number of hydrogen-bond donors (Lipinski definition) is 2. The summed E-state index contributed by atoms with van der Waals surface area (Å²) >= 11 is 0. The molecule has 0 unspecified atom stereocenters. The summed E-state index contributed by atoms with van der Waals surface area (Å²) in [6.07, 6.45) is 0. The summed E-state index contributed by atoms with van der Waals surface area (Å²) in [6.45, 7) is 1.41. The lowest BCUT2D eigenvalue weighted by Gasteiger charge is -2.26. The monoisotopic (exact) mass is 353 g/mol. The highest BCUT2D eigenvalue weighted by molar-refractivity contribution is 6.16. The molecule has 1 amide bonds. The van der Waals surface area contributed by atoms with Gasteiger partial charge in [0.2, 0.25) is 6.79 Å². The van der Waals surface area contributed by atoms with E-state index in [2.05, 4.69) is 0 Å². The molecule has 26 heavy (non-hydrogen) atoms. The maximum Gasteiger partial charge on any atom is 0.294 e. The molecule has 2 aliphatic heterocycles. The Morgan fingerprint density at radius 3 is 2.46 bits per heavy atom. The summed E-state index contributed by atoms with van der Waals surface area (Å²) < 4.78 is 10.7.